The number of ether oxygens (including phenoxy) is 1. The first-order valence-corrected chi connectivity index (χ1v) is 4.87. The fourth-order valence-electron chi connectivity index (χ4n) is 1.59. The largest absolute Gasteiger partial charge is 0.496 e. The molecule has 1 heterocycles. The van der Waals surface area contributed by atoms with Crippen LogP contribution in [0.3, 0.4) is 0 Å². The van der Waals surface area contributed by atoms with Crippen LogP contribution in [-0.4, -0.2) is 17.8 Å². The van der Waals surface area contributed by atoms with Gasteiger partial charge in [-0.1, -0.05) is 12.8 Å². The van der Waals surface area contributed by atoms with Gasteiger partial charge < -0.3 is 9.84 Å². The first-order valence-electron chi connectivity index (χ1n) is 4.87. The highest BCUT2D eigenvalue weighted by Crippen LogP contribution is 2.35. The van der Waals surface area contributed by atoms with Crippen molar-refractivity contribution in [3.63, 3.8) is 0 Å². The third kappa shape index (κ3) is 2.01. The van der Waals surface area contributed by atoms with Crippen LogP contribution in [0, 0.1) is 5.92 Å². The maximum atomic E-state index is 9.69. The average molecular weight is 168 g/mol. The molecule has 2 heteroatoms. The molecule has 68 valence electrons. The third-order valence-electron chi connectivity index (χ3n) is 2.54. The molecule has 2 aliphatic rings. The van der Waals surface area contributed by atoms with Crippen LogP contribution in [0.5, 0.6) is 0 Å². The van der Waals surface area contributed by atoms with E-state index >= 15 is 0 Å². The van der Waals surface area contributed by atoms with Crippen LogP contribution in [0.2, 0.25) is 0 Å². The molecule has 1 saturated carbocycles. The molecule has 1 N–H and O–H groups in total. The van der Waals surface area contributed by atoms with Gasteiger partial charge in [-0.25, -0.2) is 0 Å². The molecule has 12 heavy (non-hydrogen) atoms. The molecule has 0 radical (unpaired) electrons. The molecule has 2 rings (SSSR count). The minimum Gasteiger partial charge on any atom is -0.496 e. The van der Waals surface area contributed by atoms with Gasteiger partial charge in [-0.15, -0.1) is 0 Å². The molecule has 0 aromatic carbocycles. The van der Waals surface area contributed by atoms with Crippen LogP contribution in [0.25, 0.3) is 0 Å². The lowest BCUT2D eigenvalue weighted by Crippen LogP contribution is -2.16. The summed E-state index contributed by atoms with van der Waals surface area (Å²) in [6, 6.07) is 0. The van der Waals surface area contributed by atoms with Gasteiger partial charge in [0.1, 0.15) is 11.9 Å². The van der Waals surface area contributed by atoms with Gasteiger partial charge in [0.2, 0.25) is 0 Å². The Morgan fingerprint density at radius 1 is 1.58 bits per heavy atom. The van der Waals surface area contributed by atoms with Crippen LogP contribution in [0.4, 0.5) is 0 Å². The lowest BCUT2D eigenvalue weighted by Gasteiger charge is -2.19. The highest BCUT2D eigenvalue weighted by molar-refractivity contribution is 5.03. The van der Waals surface area contributed by atoms with Crippen molar-refractivity contribution in [3.8, 4) is 0 Å². The first kappa shape index (κ1) is 8.11. The summed E-state index contributed by atoms with van der Waals surface area (Å²) in [6.45, 7) is 0.785. The molecule has 1 fully saturated rings. The molecule has 1 atom stereocenters. The minimum absolute atomic E-state index is 0.321. The van der Waals surface area contributed by atoms with E-state index < -0.39 is 0 Å². The van der Waals surface area contributed by atoms with E-state index in [0.717, 1.165) is 37.5 Å². The summed E-state index contributed by atoms with van der Waals surface area (Å²) < 4.78 is 5.38. The van der Waals surface area contributed by atoms with Crippen molar-refractivity contribution in [2.75, 3.05) is 6.61 Å². The molecule has 2 nitrogen and oxygen atoms in total. The van der Waals surface area contributed by atoms with E-state index in [1.165, 1.54) is 12.8 Å². The monoisotopic (exact) mass is 168 g/mol. The number of hydrogen-bond donors (Lipinski definition) is 1. The molecule has 0 aromatic rings. The van der Waals surface area contributed by atoms with Gasteiger partial charge in [0.15, 0.2) is 0 Å². The van der Waals surface area contributed by atoms with E-state index in [0.29, 0.717) is 0 Å². The highest BCUT2D eigenvalue weighted by Gasteiger charge is 2.27. The van der Waals surface area contributed by atoms with Crippen molar-refractivity contribution in [1.82, 2.24) is 0 Å². The Labute approximate surface area is 73.2 Å². The van der Waals surface area contributed by atoms with Gasteiger partial charge in [0, 0.05) is 0 Å². The SMILES string of the molecule is OC(CC1CC1)C1=CCCCO1. The molecule has 0 aromatic heterocycles. The van der Waals surface area contributed by atoms with Crippen LogP contribution in [-0.2, 0) is 4.74 Å². The molecule has 1 aliphatic carbocycles. The zero-order chi connectivity index (χ0) is 8.39. The molecule has 0 saturated heterocycles. The Morgan fingerprint density at radius 2 is 2.42 bits per heavy atom. The Hall–Kier alpha value is -0.500. The van der Waals surface area contributed by atoms with E-state index in [1.807, 2.05) is 6.08 Å². The lowest BCUT2D eigenvalue weighted by atomic mass is 10.1. The van der Waals surface area contributed by atoms with Crippen molar-refractivity contribution in [3.05, 3.63) is 11.8 Å². The van der Waals surface area contributed by atoms with Crippen molar-refractivity contribution in [1.29, 1.82) is 0 Å². The fraction of sp³-hybridized carbons (Fsp3) is 0.800. The van der Waals surface area contributed by atoms with Gasteiger partial charge in [0.25, 0.3) is 0 Å². The van der Waals surface area contributed by atoms with E-state index in [4.69, 9.17) is 4.74 Å². The van der Waals surface area contributed by atoms with Crippen LogP contribution in [0.1, 0.15) is 32.1 Å². The zero-order valence-corrected chi connectivity index (χ0v) is 7.33. The van der Waals surface area contributed by atoms with Crippen LogP contribution >= 0.6 is 0 Å². The second-order valence-electron chi connectivity index (χ2n) is 3.79. The predicted octanol–water partition coefficient (Wildman–Crippen LogP) is 1.84. The molecular formula is C10H16O2. The fourth-order valence-corrected chi connectivity index (χ4v) is 1.59. The molecule has 1 unspecified atom stereocenters. The summed E-state index contributed by atoms with van der Waals surface area (Å²) in [6.07, 6.45) is 7.38. The summed E-state index contributed by atoms with van der Waals surface area (Å²) in [5, 5.41) is 9.69. The topological polar surface area (TPSA) is 29.5 Å². The predicted molar refractivity (Wildman–Crippen MR) is 46.6 cm³/mol. The van der Waals surface area contributed by atoms with Gasteiger partial charge in [-0.05, 0) is 31.3 Å². The Kier molecular flexibility index (Phi) is 2.35. The zero-order valence-electron chi connectivity index (χ0n) is 7.33. The second kappa shape index (κ2) is 3.48. The molecular weight excluding hydrogens is 152 g/mol. The number of aliphatic hydroxyl groups is 1. The molecule has 1 aliphatic heterocycles. The van der Waals surface area contributed by atoms with Gasteiger partial charge in [-0.2, -0.15) is 0 Å². The number of rotatable bonds is 3. The minimum atomic E-state index is -0.321. The maximum absolute atomic E-state index is 9.69. The summed E-state index contributed by atoms with van der Waals surface area (Å²) in [5.41, 5.74) is 0. The standard InChI is InChI=1S/C10H16O2/c11-9(7-8-4-5-8)10-3-1-2-6-12-10/h3,8-9,11H,1-2,4-7H2. The van der Waals surface area contributed by atoms with E-state index in [1.54, 1.807) is 0 Å². The normalized spacial score (nSPS) is 25.9. The van der Waals surface area contributed by atoms with Crippen molar-refractivity contribution in [2.45, 2.75) is 38.2 Å². The second-order valence-corrected chi connectivity index (χ2v) is 3.79. The quantitative estimate of drug-likeness (QED) is 0.696. The molecule has 0 amide bonds. The van der Waals surface area contributed by atoms with Gasteiger partial charge in [0.05, 0.1) is 6.61 Å². The van der Waals surface area contributed by atoms with Crippen LogP contribution in [0.15, 0.2) is 11.8 Å². The maximum Gasteiger partial charge on any atom is 0.120 e. The number of aliphatic hydroxyl groups excluding tert-OH is 1. The van der Waals surface area contributed by atoms with Crippen molar-refractivity contribution >= 4 is 0 Å². The summed E-state index contributed by atoms with van der Waals surface area (Å²) in [4.78, 5) is 0. The smallest absolute Gasteiger partial charge is 0.120 e. The average Bonchev–Trinajstić information content (AvgIpc) is 2.90. The first-order chi connectivity index (χ1) is 5.86. The Bertz CT molecular complexity index is 182. The van der Waals surface area contributed by atoms with Gasteiger partial charge in [-0.3, -0.25) is 0 Å². The Morgan fingerprint density at radius 3 is 3.00 bits per heavy atom. The summed E-state index contributed by atoms with van der Waals surface area (Å²) >= 11 is 0. The number of allylic oxidation sites excluding steroid dienone is 1. The molecule has 0 spiro atoms. The lowest BCUT2D eigenvalue weighted by molar-refractivity contribution is 0.0834. The summed E-state index contributed by atoms with van der Waals surface area (Å²) in [5.74, 6) is 1.60. The van der Waals surface area contributed by atoms with E-state index in [9.17, 15) is 5.11 Å². The third-order valence-corrected chi connectivity index (χ3v) is 2.54. The summed E-state index contributed by atoms with van der Waals surface area (Å²) in [7, 11) is 0. The van der Waals surface area contributed by atoms with E-state index in [2.05, 4.69) is 0 Å². The number of hydrogen-bond acceptors (Lipinski definition) is 2. The highest BCUT2D eigenvalue weighted by atomic mass is 16.5. The van der Waals surface area contributed by atoms with Crippen molar-refractivity contribution in [2.24, 2.45) is 5.92 Å². The van der Waals surface area contributed by atoms with Gasteiger partial charge >= 0.3 is 0 Å². The van der Waals surface area contributed by atoms with Crippen LogP contribution < -0.4 is 0 Å². The van der Waals surface area contributed by atoms with Crippen molar-refractivity contribution < 1.29 is 9.84 Å². The molecule has 0 bridgehead atoms. The Balaban J connectivity index is 1.83. The van der Waals surface area contributed by atoms with E-state index in [-0.39, 0.29) is 6.10 Å².